The summed E-state index contributed by atoms with van der Waals surface area (Å²) in [6.45, 7) is 0. The van der Waals surface area contributed by atoms with Crippen molar-refractivity contribution in [3.63, 3.8) is 0 Å². The lowest BCUT2D eigenvalue weighted by Gasteiger charge is -2.37. The van der Waals surface area contributed by atoms with Gasteiger partial charge in [0.15, 0.2) is 0 Å². The topological polar surface area (TPSA) is 49.4 Å². The SMILES string of the molecule is O=CN(c1cc(F)ccc1F)C(CCc1ccccc1)C(=O)NC1CC(F)(F)C1. The first-order chi connectivity index (χ1) is 13.8. The van der Waals surface area contributed by atoms with Gasteiger partial charge in [-0.2, -0.15) is 0 Å². The first kappa shape index (κ1) is 20.8. The number of amides is 2. The lowest BCUT2D eigenvalue weighted by molar-refractivity contribution is -0.131. The number of benzene rings is 2. The predicted molar refractivity (Wildman–Crippen MR) is 99.6 cm³/mol. The Morgan fingerprint density at radius 3 is 2.48 bits per heavy atom. The summed E-state index contributed by atoms with van der Waals surface area (Å²) in [5.74, 6) is -5.14. The Balaban J connectivity index is 1.82. The van der Waals surface area contributed by atoms with Crippen LogP contribution in [0.1, 0.15) is 24.8 Å². The van der Waals surface area contributed by atoms with Gasteiger partial charge in [0.2, 0.25) is 12.3 Å². The van der Waals surface area contributed by atoms with E-state index in [-0.39, 0.29) is 18.5 Å². The van der Waals surface area contributed by atoms with Crippen LogP contribution >= 0.6 is 0 Å². The average molecular weight is 408 g/mol. The summed E-state index contributed by atoms with van der Waals surface area (Å²) in [4.78, 5) is 25.3. The van der Waals surface area contributed by atoms with Crippen molar-refractivity contribution in [3.05, 3.63) is 65.7 Å². The number of anilines is 1. The van der Waals surface area contributed by atoms with E-state index in [0.29, 0.717) is 6.42 Å². The molecule has 1 fully saturated rings. The molecule has 1 unspecified atom stereocenters. The number of hydrogen-bond acceptors (Lipinski definition) is 2. The maximum Gasteiger partial charge on any atom is 0.252 e. The molecule has 1 atom stereocenters. The van der Waals surface area contributed by atoms with E-state index in [4.69, 9.17) is 0 Å². The zero-order valence-corrected chi connectivity index (χ0v) is 15.5. The van der Waals surface area contributed by atoms with E-state index in [1.165, 1.54) is 0 Å². The van der Waals surface area contributed by atoms with Gasteiger partial charge in [-0.3, -0.25) is 14.5 Å². The minimum absolute atomic E-state index is 0.105. The van der Waals surface area contributed by atoms with E-state index in [1.807, 2.05) is 30.3 Å². The van der Waals surface area contributed by atoms with Crippen LogP contribution in [0.3, 0.4) is 0 Å². The van der Waals surface area contributed by atoms with Crippen molar-refractivity contribution < 1.29 is 27.2 Å². The highest BCUT2D eigenvalue weighted by molar-refractivity contribution is 5.92. The van der Waals surface area contributed by atoms with Crippen molar-refractivity contribution in [1.82, 2.24) is 5.32 Å². The Hall–Kier alpha value is -2.90. The number of halogens is 4. The van der Waals surface area contributed by atoms with E-state index < -0.39 is 48.4 Å². The molecule has 2 aromatic rings. The maximum atomic E-state index is 14.2. The second-order valence-corrected chi connectivity index (χ2v) is 7.12. The number of nitrogens with one attached hydrogen (secondary N) is 1. The summed E-state index contributed by atoms with van der Waals surface area (Å²) in [5, 5.41) is 2.49. The molecule has 29 heavy (non-hydrogen) atoms. The number of hydrogen-bond donors (Lipinski definition) is 1. The molecule has 0 aliphatic heterocycles. The number of carbonyl (C=O) groups excluding carboxylic acids is 2. The zero-order chi connectivity index (χ0) is 21.0. The Bertz CT molecular complexity index is 868. The van der Waals surface area contributed by atoms with Gasteiger partial charge in [0.25, 0.3) is 5.92 Å². The number of nitrogens with zero attached hydrogens (tertiary/aromatic N) is 1. The minimum atomic E-state index is -2.82. The molecule has 154 valence electrons. The third-order valence-corrected chi connectivity index (χ3v) is 4.92. The smallest absolute Gasteiger partial charge is 0.252 e. The van der Waals surface area contributed by atoms with Gasteiger partial charge >= 0.3 is 0 Å². The van der Waals surface area contributed by atoms with Gasteiger partial charge in [-0.05, 0) is 30.5 Å². The largest absolute Gasteiger partial charge is 0.351 e. The fourth-order valence-corrected chi connectivity index (χ4v) is 3.39. The molecule has 0 bridgehead atoms. The summed E-state index contributed by atoms with van der Waals surface area (Å²) >= 11 is 0. The molecule has 2 aromatic carbocycles. The van der Waals surface area contributed by atoms with Gasteiger partial charge in [0, 0.05) is 24.9 Å². The number of rotatable bonds is 8. The van der Waals surface area contributed by atoms with Crippen molar-refractivity contribution >= 4 is 18.0 Å². The van der Waals surface area contributed by atoms with E-state index in [0.717, 1.165) is 28.7 Å². The molecule has 1 aliphatic rings. The summed E-state index contributed by atoms with van der Waals surface area (Å²) in [7, 11) is 0. The van der Waals surface area contributed by atoms with E-state index in [2.05, 4.69) is 5.32 Å². The Morgan fingerprint density at radius 1 is 1.17 bits per heavy atom. The molecule has 4 nitrogen and oxygen atoms in total. The van der Waals surface area contributed by atoms with Crippen LogP contribution in [0.4, 0.5) is 23.2 Å². The molecular formula is C21H20F4N2O2. The highest BCUT2D eigenvalue weighted by Gasteiger charge is 2.46. The van der Waals surface area contributed by atoms with Gasteiger partial charge in [-0.1, -0.05) is 30.3 Å². The quantitative estimate of drug-likeness (QED) is 0.533. The predicted octanol–water partition coefficient (Wildman–Crippen LogP) is 3.84. The Kier molecular flexibility index (Phi) is 6.20. The van der Waals surface area contributed by atoms with Crippen LogP contribution in [0, 0.1) is 11.6 Å². The summed E-state index contributed by atoms with van der Waals surface area (Å²) < 4.78 is 54.0. The molecule has 0 saturated heterocycles. The molecule has 0 aromatic heterocycles. The lowest BCUT2D eigenvalue weighted by atomic mass is 9.88. The van der Waals surface area contributed by atoms with Crippen LogP contribution in [0.25, 0.3) is 0 Å². The second-order valence-electron chi connectivity index (χ2n) is 7.12. The van der Waals surface area contributed by atoms with Crippen LogP contribution in [-0.2, 0) is 16.0 Å². The fourth-order valence-electron chi connectivity index (χ4n) is 3.39. The molecule has 8 heteroatoms. The van der Waals surface area contributed by atoms with Crippen molar-refractivity contribution in [3.8, 4) is 0 Å². The molecule has 0 spiro atoms. The average Bonchev–Trinajstić information content (AvgIpc) is 2.66. The molecule has 1 N–H and O–H groups in total. The van der Waals surface area contributed by atoms with Gasteiger partial charge in [-0.15, -0.1) is 0 Å². The highest BCUT2D eigenvalue weighted by atomic mass is 19.3. The summed E-state index contributed by atoms with van der Waals surface area (Å²) in [5.41, 5.74) is 0.498. The van der Waals surface area contributed by atoms with Crippen molar-refractivity contribution in [1.29, 1.82) is 0 Å². The van der Waals surface area contributed by atoms with Crippen molar-refractivity contribution in [2.75, 3.05) is 4.90 Å². The van der Waals surface area contributed by atoms with Gasteiger partial charge in [0.05, 0.1) is 5.69 Å². The molecular weight excluding hydrogens is 388 g/mol. The van der Waals surface area contributed by atoms with Crippen LogP contribution in [0.5, 0.6) is 0 Å². The molecule has 0 radical (unpaired) electrons. The maximum absolute atomic E-state index is 14.2. The second kappa shape index (κ2) is 8.63. The molecule has 3 rings (SSSR count). The number of alkyl halides is 2. The first-order valence-electron chi connectivity index (χ1n) is 9.20. The summed E-state index contributed by atoms with van der Waals surface area (Å²) in [6, 6.07) is 9.78. The standard InChI is InChI=1S/C21H20F4N2O2/c22-15-7-8-17(23)19(10-15)27(13-28)18(9-6-14-4-2-1-3-5-14)20(29)26-16-11-21(24,25)12-16/h1-5,7-8,10,13,16,18H,6,9,11-12H2,(H,26,29). The molecule has 1 aliphatic carbocycles. The van der Waals surface area contributed by atoms with Crippen LogP contribution in [0.15, 0.2) is 48.5 Å². The van der Waals surface area contributed by atoms with Crippen LogP contribution in [0.2, 0.25) is 0 Å². The van der Waals surface area contributed by atoms with E-state index in [9.17, 15) is 27.2 Å². The van der Waals surface area contributed by atoms with Crippen molar-refractivity contribution in [2.45, 2.75) is 43.7 Å². The molecule has 0 heterocycles. The third kappa shape index (κ3) is 5.13. The monoisotopic (exact) mass is 408 g/mol. The normalized spacial score (nSPS) is 16.6. The fraction of sp³-hybridized carbons (Fsp3) is 0.333. The summed E-state index contributed by atoms with van der Waals surface area (Å²) in [6.07, 6.45) is -0.240. The molecule has 2 amide bonds. The molecule has 1 saturated carbocycles. The zero-order valence-electron chi connectivity index (χ0n) is 15.5. The van der Waals surface area contributed by atoms with E-state index in [1.54, 1.807) is 0 Å². The number of aryl methyl sites for hydroxylation is 1. The minimum Gasteiger partial charge on any atom is -0.351 e. The van der Waals surface area contributed by atoms with Crippen LogP contribution < -0.4 is 10.2 Å². The Morgan fingerprint density at radius 2 is 1.86 bits per heavy atom. The number of carbonyl (C=O) groups is 2. The Labute approximate surface area is 165 Å². The van der Waals surface area contributed by atoms with Crippen molar-refractivity contribution in [2.24, 2.45) is 0 Å². The van der Waals surface area contributed by atoms with Crippen LogP contribution in [-0.4, -0.2) is 30.3 Å². The van der Waals surface area contributed by atoms with Gasteiger partial charge in [0.1, 0.15) is 17.7 Å². The highest BCUT2D eigenvalue weighted by Crippen LogP contribution is 2.37. The lowest BCUT2D eigenvalue weighted by Crippen LogP contribution is -2.56. The first-order valence-corrected chi connectivity index (χ1v) is 9.20. The third-order valence-electron chi connectivity index (χ3n) is 4.92. The van der Waals surface area contributed by atoms with Gasteiger partial charge in [-0.25, -0.2) is 17.6 Å². The van der Waals surface area contributed by atoms with Gasteiger partial charge < -0.3 is 5.32 Å². The van der Waals surface area contributed by atoms with E-state index >= 15 is 0 Å².